The predicted molar refractivity (Wildman–Crippen MR) is 98.7 cm³/mol. The van der Waals surface area contributed by atoms with Crippen molar-refractivity contribution in [3.63, 3.8) is 0 Å². The Labute approximate surface area is 150 Å². The molecule has 1 fully saturated rings. The molecule has 0 unspecified atom stereocenters. The lowest BCUT2D eigenvalue weighted by Gasteiger charge is -2.34. The molecule has 0 aliphatic carbocycles. The molecule has 25 heavy (non-hydrogen) atoms. The van der Waals surface area contributed by atoms with Gasteiger partial charge in [0, 0.05) is 25.0 Å². The molecule has 1 aromatic rings. The van der Waals surface area contributed by atoms with E-state index < -0.39 is 0 Å². The molecule has 2 rings (SSSR count). The molecule has 138 valence electrons. The first-order chi connectivity index (χ1) is 11.9. The summed E-state index contributed by atoms with van der Waals surface area (Å²) in [6, 6.07) is 3.55. The van der Waals surface area contributed by atoms with Crippen molar-refractivity contribution < 1.29 is 14.7 Å². The van der Waals surface area contributed by atoms with Crippen molar-refractivity contribution in [3.8, 4) is 5.75 Å². The number of carbonyl (C=O) groups excluding carboxylic acids is 2. The van der Waals surface area contributed by atoms with Crippen LogP contribution in [0.5, 0.6) is 5.75 Å². The standard InChI is InChI=1S/C20H30N2O3/c1-5-15(6-2)20(25)22-11-9-16(10-12-22)21-19(24)17-8-7-13(3)14(4)18(17)23/h7-8,15-16,23H,5-6,9-12H2,1-4H3,(H,21,24). The van der Waals surface area contributed by atoms with E-state index in [1.54, 1.807) is 6.07 Å². The van der Waals surface area contributed by atoms with Crippen molar-refractivity contribution in [2.75, 3.05) is 13.1 Å². The molecule has 0 saturated carbocycles. The van der Waals surface area contributed by atoms with Crippen molar-refractivity contribution >= 4 is 11.8 Å². The largest absolute Gasteiger partial charge is 0.507 e. The highest BCUT2D eigenvalue weighted by Gasteiger charge is 2.27. The highest BCUT2D eigenvalue weighted by atomic mass is 16.3. The number of phenolic OH excluding ortho intramolecular Hbond substituents is 1. The minimum Gasteiger partial charge on any atom is -0.507 e. The van der Waals surface area contributed by atoms with Crippen LogP contribution in [0.4, 0.5) is 0 Å². The molecule has 2 amide bonds. The lowest BCUT2D eigenvalue weighted by Crippen LogP contribution is -2.48. The second kappa shape index (κ2) is 8.37. The molecule has 0 atom stereocenters. The molecule has 1 aromatic carbocycles. The third-order valence-electron chi connectivity index (χ3n) is 5.42. The molecular weight excluding hydrogens is 316 g/mol. The number of likely N-dealkylation sites (tertiary alicyclic amines) is 1. The Balaban J connectivity index is 1.93. The maximum atomic E-state index is 12.5. The Morgan fingerprint density at radius 1 is 1.20 bits per heavy atom. The van der Waals surface area contributed by atoms with Crippen molar-refractivity contribution in [1.29, 1.82) is 0 Å². The van der Waals surface area contributed by atoms with Crippen molar-refractivity contribution in [2.45, 2.75) is 59.4 Å². The third-order valence-corrected chi connectivity index (χ3v) is 5.42. The van der Waals surface area contributed by atoms with Gasteiger partial charge in [-0.05, 0) is 56.7 Å². The van der Waals surface area contributed by atoms with E-state index in [0.717, 1.165) is 36.8 Å². The summed E-state index contributed by atoms with van der Waals surface area (Å²) in [5.74, 6) is 0.157. The molecule has 1 heterocycles. The number of phenols is 1. The second-order valence-electron chi connectivity index (χ2n) is 6.99. The van der Waals surface area contributed by atoms with E-state index >= 15 is 0 Å². The van der Waals surface area contributed by atoms with Crippen LogP contribution < -0.4 is 5.32 Å². The molecular formula is C20H30N2O3. The minimum atomic E-state index is -0.245. The van der Waals surface area contributed by atoms with Gasteiger partial charge < -0.3 is 15.3 Å². The number of carbonyl (C=O) groups is 2. The SMILES string of the molecule is CCC(CC)C(=O)N1CCC(NC(=O)c2ccc(C)c(C)c2O)CC1. The molecule has 1 aliphatic rings. The maximum absolute atomic E-state index is 12.5. The zero-order valence-electron chi connectivity index (χ0n) is 15.8. The molecule has 0 bridgehead atoms. The van der Waals surface area contributed by atoms with E-state index in [4.69, 9.17) is 0 Å². The summed E-state index contributed by atoms with van der Waals surface area (Å²) in [5, 5.41) is 13.2. The highest BCUT2D eigenvalue weighted by Crippen LogP contribution is 2.25. The van der Waals surface area contributed by atoms with E-state index in [0.29, 0.717) is 18.7 Å². The lowest BCUT2D eigenvalue weighted by atomic mass is 9.98. The number of aryl methyl sites for hydroxylation is 1. The van der Waals surface area contributed by atoms with Gasteiger partial charge in [0.2, 0.25) is 5.91 Å². The fourth-order valence-corrected chi connectivity index (χ4v) is 3.39. The van der Waals surface area contributed by atoms with Crippen LogP contribution in [-0.2, 0) is 4.79 Å². The van der Waals surface area contributed by atoms with Crippen LogP contribution in [0.3, 0.4) is 0 Å². The zero-order valence-corrected chi connectivity index (χ0v) is 15.8. The number of piperidine rings is 1. The fourth-order valence-electron chi connectivity index (χ4n) is 3.39. The monoisotopic (exact) mass is 346 g/mol. The van der Waals surface area contributed by atoms with E-state index in [9.17, 15) is 14.7 Å². The van der Waals surface area contributed by atoms with Gasteiger partial charge in [-0.2, -0.15) is 0 Å². The summed E-state index contributed by atoms with van der Waals surface area (Å²) in [5.41, 5.74) is 2.01. The Hall–Kier alpha value is -2.04. The number of nitrogens with one attached hydrogen (secondary N) is 1. The highest BCUT2D eigenvalue weighted by molar-refractivity contribution is 5.97. The summed E-state index contributed by atoms with van der Waals surface area (Å²) in [6.07, 6.45) is 3.25. The summed E-state index contributed by atoms with van der Waals surface area (Å²) < 4.78 is 0. The topological polar surface area (TPSA) is 69.6 Å². The van der Waals surface area contributed by atoms with Gasteiger partial charge in [0.05, 0.1) is 5.56 Å². The molecule has 0 spiro atoms. The van der Waals surface area contributed by atoms with Crippen LogP contribution in [0.15, 0.2) is 12.1 Å². The average Bonchev–Trinajstić information content (AvgIpc) is 2.61. The number of amides is 2. The summed E-state index contributed by atoms with van der Waals surface area (Å²) in [4.78, 5) is 26.8. The van der Waals surface area contributed by atoms with Crippen molar-refractivity contribution in [1.82, 2.24) is 10.2 Å². The number of nitrogens with zero attached hydrogens (tertiary/aromatic N) is 1. The van der Waals surface area contributed by atoms with Crippen molar-refractivity contribution in [2.24, 2.45) is 5.92 Å². The van der Waals surface area contributed by atoms with Crippen LogP contribution in [0, 0.1) is 19.8 Å². The lowest BCUT2D eigenvalue weighted by molar-refractivity contribution is -0.136. The molecule has 5 heteroatoms. The quantitative estimate of drug-likeness (QED) is 0.860. The first-order valence-electron chi connectivity index (χ1n) is 9.27. The van der Waals surface area contributed by atoms with E-state index in [-0.39, 0.29) is 29.5 Å². The summed E-state index contributed by atoms with van der Waals surface area (Å²) >= 11 is 0. The van der Waals surface area contributed by atoms with Gasteiger partial charge in [-0.15, -0.1) is 0 Å². The summed E-state index contributed by atoms with van der Waals surface area (Å²) in [7, 11) is 0. The van der Waals surface area contributed by atoms with Crippen molar-refractivity contribution in [3.05, 3.63) is 28.8 Å². The molecule has 0 aromatic heterocycles. The van der Waals surface area contributed by atoms with Crippen LogP contribution in [0.2, 0.25) is 0 Å². The van der Waals surface area contributed by atoms with E-state index in [2.05, 4.69) is 19.2 Å². The zero-order chi connectivity index (χ0) is 18.6. The van der Waals surface area contributed by atoms with Crippen LogP contribution in [0.1, 0.15) is 61.0 Å². The fraction of sp³-hybridized carbons (Fsp3) is 0.600. The number of aromatic hydroxyl groups is 1. The Bertz CT molecular complexity index is 630. The first-order valence-corrected chi connectivity index (χ1v) is 9.27. The van der Waals surface area contributed by atoms with Gasteiger partial charge in [-0.1, -0.05) is 19.9 Å². The normalized spacial score (nSPS) is 15.5. The minimum absolute atomic E-state index is 0.0410. The van der Waals surface area contributed by atoms with E-state index in [1.165, 1.54) is 0 Å². The summed E-state index contributed by atoms with van der Waals surface area (Å²) in [6.45, 7) is 9.18. The van der Waals surface area contributed by atoms with E-state index in [1.807, 2.05) is 24.8 Å². The van der Waals surface area contributed by atoms with Gasteiger partial charge in [-0.25, -0.2) is 0 Å². The number of rotatable bonds is 5. The number of hydrogen-bond acceptors (Lipinski definition) is 3. The van der Waals surface area contributed by atoms with Crippen LogP contribution in [-0.4, -0.2) is 41.0 Å². The number of benzene rings is 1. The van der Waals surface area contributed by atoms with Gasteiger partial charge >= 0.3 is 0 Å². The predicted octanol–water partition coefficient (Wildman–Crippen LogP) is 3.17. The van der Waals surface area contributed by atoms with Gasteiger partial charge in [0.1, 0.15) is 5.75 Å². The molecule has 1 saturated heterocycles. The van der Waals surface area contributed by atoms with Gasteiger partial charge in [-0.3, -0.25) is 9.59 Å². The molecule has 5 nitrogen and oxygen atoms in total. The molecule has 2 N–H and O–H groups in total. The second-order valence-corrected chi connectivity index (χ2v) is 6.99. The molecule has 0 radical (unpaired) electrons. The van der Waals surface area contributed by atoms with Crippen LogP contribution in [0.25, 0.3) is 0 Å². The Morgan fingerprint density at radius 2 is 1.80 bits per heavy atom. The Kier molecular flexibility index (Phi) is 6.45. The van der Waals surface area contributed by atoms with Crippen LogP contribution >= 0.6 is 0 Å². The Morgan fingerprint density at radius 3 is 2.36 bits per heavy atom. The average molecular weight is 346 g/mol. The maximum Gasteiger partial charge on any atom is 0.255 e. The number of hydrogen-bond donors (Lipinski definition) is 2. The third kappa shape index (κ3) is 4.33. The first kappa shape index (κ1) is 19.3. The van der Waals surface area contributed by atoms with Gasteiger partial charge in [0.25, 0.3) is 5.91 Å². The smallest absolute Gasteiger partial charge is 0.255 e. The van der Waals surface area contributed by atoms with Gasteiger partial charge in [0.15, 0.2) is 0 Å². The molecule has 1 aliphatic heterocycles.